The number of halogens is 3. The van der Waals surface area contributed by atoms with Crippen LogP contribution in [0.2, 0.25) is 0 Å². The van der Waals surface area contributed by atoms with Crippen LogP contribution in [0.5, 0.6) is 0 Å². The molecule has 0 spiro atoms. The van der Waals surface area contributed by atoms with Crippen LogP contribution in [0.1, 0.15) is 56.1 Å². The highest BCUT2D eigenvalue weighted by molar-refractivity contribution is 5.83. The third-order valence-corrected chi connectivity index (χ3v) is 4.80. The molecule has 3 rings (SSSR count). The number of likely N-dealkylation sites (tertiary alicyclic amines) is 1. The van der Waals surface area contributed by atoms with Gasteiger partial charge in [0.2, 0.25) is 11.8 Å². The molecular weight excluding hydrogens is 375 g/mol. The number of carbonyl (C=O) groups excluding carboxylic acids is 2. The highest BCUT2D eigenvalue weighted by atomic mass is 19.4. The zero-order valence-electron chi connectivity index (χ0n) is 15.9. The lowest BCUT2D eigenvalue weighted by Crippen LogP contribution is -2.38. The Morgan fingerprint density at radius 1 is 1.32 bits per heavy atom. The molecule has 1 atom stereocenters. The molecular formula is C18H22F3N5O2. The lowest BCUT2D eigenvalue weighted by molar-refractivity contribution is -0.142. The van der Waals surface area contributed by atoms with Gasteiger partial charge in [0.15, 0.2) is 5.65 Å². The number of hydrogen-bond acceptors (Lipinski definition) is 4. The highest BCUT2D eigenvalue weighted by Gasteiger charge is 2.36. The summed E-state index contributed by atoms with van der Waals surface area (Å²) < 4.78 is 41.3. The summed E-state index contributed by atoms with van der Waals surface area (Å²) in [6.45, 7) is 5.62. The van der Waals surface area contributed by atoms with E-state index in [1.807, 2.05) is 0 Å². The van der Waals surface area contributed by atoms with E-state index >= 15 is 0 Å². The van der Waals surface area contributed by atoms with Crippen molar-refractivity contribution in [3.8, 4) is 0 Å². The molecule has 1 aliphatic heterocycles. The van der Waals surface area contributed by atoms with Gasteiger partial charge in [-0.15, -0.1) is 0 Å². The van der Waals surface area contributed by atoms with Crippen molar-refractivity contribution in [3.05, 3.63) is 29.2 Å². The molecule has 3 heterocycles. The molecule has 1 fully saturated rings. The summed E-state index contributed by atoms with van der Waals surface area (Å²) in [5, 5.41) is 6.61. The number of aromatic nitrogens is 3. The first-order valence-electron chi connectivity index (χ1n) is 9.06. The fraction of sp³-hybridized carbons (Fsp3) is 0.556. The Hall–Kier alpha value is -2.65. The SMILES string of the molecule is CC(=O)NCC(=O)N1CC[C@@H](c2cc3nc(C(C)C)cc(C(F)(F)F)n3n2)C1. The second-order valence-corrected chi connectivity index (χ2v) is 7.29. The van der Waals surface area contributed by atoms with Crippen molar-refractivity contribution in [3.63, 3.8) is 0 Å². The Balaban J connectivity index is 1.87. The molecule has 152 valence electrons. The summed E-state index contributed by atoms with van der Waals surface area (Å²) >= 11 is 0. The first kappa shape index (κ1) is 20.1. The van der Waals surface area contributed by atoms with E-state index in [0.717, 1.165) is 10.6 Å². The third-order valence-electron chi connectivity index (χ3n) is 4.80. The molecule has 0 aliphatic carbocycles. The maximum atomic E-state index is 13.5. The first-order valence-corrected chi connectivity index (χ1v) is 9.06. The smallest absolute Gasteiger partial charge is 0.347 e. The van der Waals surface area contributed by atoms with Crippen molar-refractivity contribution in [1.29, 1.82) is 0 Å². The van der Waals surface area contributed by atoms with E-state index in [9.17, 15) is 22.8 Å². The van der Waals surface area contributed by atoms with Crippen molar-refractivity contribution in [2.24, 2.45) is 0 Å². The molecule has 1 saturated heterocycles. The largest absolute Gasteiger partial charge is 0.433 e. The summed E-state index contributed by atoms with van der Waals surface area (Å²) in [5.41, 5.74) is 0.124. The Morgan fingerprint density at radius 3 is 2.64 bits per heavy atom. The topological polar surface area (TPSA) is 79.6 Å². The number of amides is 2. The maximum absolute atomic E-state index is 13.5. The van der Waals surface area contributed by atoms with Crippen LogP contribution < -0.4 is 5.32 Å². The summed E-state index contributed by atoms with van der Waals surface area (Å²) in [7, 11) is 0. The zero-order chi connectivity index (χ0) is 20.6. The number of carbonyl (C=O) groups is 2. The van der Waals surface area contributed by atoms with Gasteiger partial charge in [-0.05, 0) is 18.4 Å². The van der Waals surface area contributed by atoms with E-state index in [2.05, 4.69) is 15.4 Å². The second-order valence-electron chi connectivity index (χ2n) is 7.29. The minimum absolute atomic E-state index is 0.0925. The summed E-state index contributed by atoms with van der Waals surface area (Å²) in [6, 6.07) is 2.60. The number of nitrogens with one attached hydrogen (secondary N) is 1. The molecule has 0 radical (unpaired) electrons. The van der Waals surface area contributed by atoms with Gasteiger partial charge in [0.1, 0.15) is 5.69 Å². The highest BCUT2D eigenvalue weighted by Crippen LogP contribution is 2.33. The van der Waals surface area contributed by atoms with Crippen molar-refractivity contribution < 1.29 is 22.8 Å². The van der Waals surface area contributed by atoms with Gasteiger partial charge in [0.25, 0.3) is 0 Å². The van der Waals surface area contributed by atoms with E-state index in [4.69, 9.17) is 0 Å². The molecule has 0 aromatic carbocycles. The maximum Gasteiger partial charge on any atom is 0.433 e. The van der Waals surface area contributed by atoms with Crippen LogP contribution >= 0.6 is 0 Å². The van der Waals surface area contributed by atoms with Crippen LogP contribution in [0.15, 0.2) is 12.1 Å². The zero-order valence-corrected chi connectivity index (χ0v) is 15.9. The molecule has 2 amide bonds. The predicted octanol–water partition coefficient (Wildman–Crippen LogP) is 2.32. The van der Waals surface area contributed by atoms with Crippen molar-refractivity contribution in [2.45, 2.75) is 45.2 Å². The minimum Gasteiger partial charge on any atom is -0.347 e. The van der Waals surface area contributed by atoms with Gasteiger partial charge in [0, 0.05) is 37.7 Å². The molecule has 7 nitrogen and oxygen atoms in total. The average molecular weight is 397 g/mol. The molecule has 10 heteroatoms. The lowest BCUT2D eigenvalue weighted by Gasteiger charge is -2.16. The quantitative estimate of drug-likeness (QED) is 0.859. The lowest BCUT2D eigenvalue weighted by atomic mass is 10.1. The molecule has 2 aromatic heterocycles. The first-order chi connectivity index (χ1) is 13.1. The molecule has 0 bridgehead atoms. The van der Waals surface area contributed by atoms with Crippen LogP contribution in [0.3, 0.4) is 0 Å². The fourth-order valence-electron chi connectivity index (χ4n) is 3.25. The Morgan fingerprint density at radius 2 is 2.04 bits per heavy atom. The average Bonchev–Trinajstić information content (AvgIpc) is 3.24. The monoisotopic (exact) mass is 397 g/mol. The van der Waals surface area contributed by atoms with Crippen molar-refractivity contribution in [1.82, 2.24) is 24.8 Å². The summed E-state index contributed by atoms with van der Waals surface area (Å²) in [4.78, 5) is 29.0. The van der Waals surface area contributed by atoms with Crippen LogP contribution in [0.4, 0.5) is 13.2 Å². The summed E-state index contributed by atoms with van der Waals surface area (Å²) in [6.07, 6.45) is -3.96. The number of alkyl halides is 3. The Kier molecular flexibility index (Phi) is 5.31. The van der Waals surface area contributed by atoms with Gasteiger partial charge in [-0.3, -0.25) is 9.59 Å². The van der Waals surface area contributed by atoms with Gasteiger partial charge in [-0.1, -0.05) is 13.8 Å². The van der Waals surface area contributed by atoms with Gasteiger partial charge in [0.05, 0.1) is 12.2 Å². The van der Waals surface area contributed by atoms with E-state index in [1.165, 1.54) is 6.92 Å². The standard InChI is InChI=1S/C18H22F3N5O2/c1-10(2)13-6-15(18(19,20)21)26-16(23-13)7-14(24-26)12-4-5-25(9-12)17(28)8-22-11(3)27/h6-7,10,12H,4-5,8-9H2,1-3H3,(H,22,27)/t12-/m1/s1. The molecule has 0 unspecified atom stereocenters. The van der Waals surface area contributed by atoms with Gasteiger partial charge in [-0.25, -0.2) is 9.50 Å². The number of hydrogen-bond donors (Lipinski definition) is 1. The molecule has 1 N–H and O–H groups in total. The molecule has 0 saturated carbocycles. The second kappa shape index (κ2) is 7.40. The van der Waals surface area contributed by atoms with Crippen molar-refractivity contribution >= 4 is 17.5 Å². The number of fused-ring (bicyclic) bond motifs is 1. The minimum atomic E-state index is -4.55. The molecule has 2 aromatic rings. The predicted molar refractivity (Wildman–Crippen MR) is 94.7 cm³/mol. The van der Waals surface area contributed by atoms with Crippen LogP contribution in [-0.2, 0) is 15.8 Å². The third kappa shape index (κ3) is 4.10. The van der Waals surface area contributed by atoms with Gasteiger partial charge in [-0.2, -0.15) is 18.3 Å². The van der Waals surface area contributed by atoms with Crippen LogP contribution in [0.25, 0.3) is 5.65 Å². The van der Waals surface area contributed by atoms with Gasteiger partial charge >= 0.3 is 6.18 Å². The van der Waals surface area contributed by atoms with E-state index in [1.54, 1.807) is 24.8 Å². The molecule has 1 aliphatic rings. The fourth-order valence-corrected chi connectivity index (χ4v) is 3.25. The normalized spacial score (nSPS) is 17.5. The van der Waals surface area contributed by atoms with E-state index < -0.39 is 11.9 Å². The van der Waals surface area contributed by atoms with Crippen LogP contribution in [0, 0.1) is 0 Å². The van der Waals surface area contributed by atoms with Crippen LogP contribution in [-0.4, -0.2) is 50.9 Å². The van der Waals surface area contributed by atoms with Gasteiger partial charge < -0.3 is 10.2 Å². The van der Waals surface area contributed by atoms with E-state index in [0.29, 0.717) is 30.9 Å². The summed E-state index contributed by atoms with van der Waals surface area (Å²) in [5.74, 6) is -0.849. The molecule has 28 heavy (non-hydrogen) atoms. The Bertz CT molecular complexity index is 906. The van der Waals surface area contributed by atoms with Crippen molar-refractivity contribution in [2.75, 3.05) is 19.6 Å². The number of nitrogens with zero attached hydrogens (tertiary/aromatic N) is 4. The van der Waals surface area contributed by atoms with E-state index in [-0.39, 0.29) is 35.8 Å². The number of rotatable bonds is 4. The Labute approximate surface area is 159 Å².